The predicted octanol–water partition coefficient (Wildman–Crippen LogP) is 3.80. The average Bonchev–Trinajstić information content (AvgIpc) is 2.51. The SMILES string of the molecule is C=CC(=O)OCC(C)OC(=O)NC(C)(C)c1cccc(C(=C)C)c1. The lowest BCUT2D eigenvalue weighted by molar-refractivity contribution is -0.140. The van der Waals surface area contributed by atoms with Gasteiger partial charge in [-0.1, -0.05) is 36.9 Å². The van der Waals surface area contributed by atoms with Crippen LogP contribution in [0.5, 0.6) is 0 Å². The lowest BCUT2D eigenvalue weighted by atomic mass is 9.92. The quantitative estimate of drug-likeness (QED) is 0.610. The second-order valence-electron chi connectivity index (χ2n) is 6.16. The second kappa shape index (κ2) is 8.34. The van der Waals surface area contributed by atoms with Gasteiger partial charge in [0.05, 0.1) is 5.54 Å². The average molecular weight is 331 g/mol. The van der Waals surface area contributed by atoms with Crippen molar-refractivity contribution in [3.05, 3.63) is 54.6 Å². The summed E-state index contributed by atoms with van der Waals surface area (Å²) in [7, 11) is 0. The summed E-state index contributed by atoms with van der Waals surface area (Å²) in [6.45, 7) is 14.5. The van der Waals surface area contributed by atoms with Crippen molar-refractivity contribution in [2.75, 3.05) is 6.61 Å². The Morgan fingerprint density at radius 3 is 2.62 bits per heavy atom. The van der Waals surface area contributed by atoms with Gasteiger partial charge in [-0.05, 0) is 44.9 Å². The second-order valence-corrected chi connectivity index (χ2v) is 6.16. The molecule has 1 amide bonds. The molecule has 0 saturated carbocycles. The maximum absolute atomic E-state index is 12.1. The summed E-state index contributed by atoms with van der Waals surface area (Å²) in [6, 6.07) is 7.81. The highest BCUT2D eigenvalue weighted by Crippen LogP contribution is 2.23. The van der Waals surface area contributed by atoms with Crippen LogP contribution in [0.4, 0.5) is 4.79 Å². The van der Waals surface area contributed by atoms with E-state index < -0.39 is 23.7 Å². The molecule has 0 aliphatic rings. The fourth-order valence-corrected chi connectivity index (χ4v) is 2.01. The lowest BCUT2D eigenvalue weighted by Crippen LogP contribution is -2.42. The van der Waals surface area contributed by atoms with Gasteiger partial charge in [0.1, 0.15) is 12.7 Å². The van der Waals surface area contributed by atoms with E-state index >= 15 is 0 Å². The zero-order valence-corrected chi connectivity index (χ0v) is 14.7. The fraction of sp³-hybridized carbons (Fsp3) is 0.368. The third-order valence-corrected chi connectivity index (χ3v) is 3.43. The van der Waals surface area contributed by atoms with Crippen molar-refractivity contribution in [1.82, 2.24) is 5.32 Å². The molecule has 0 heterocycles. The van der Waals surface area contributed by atoms with E-state index in [2.05, 4.69) is 18.5 Å². The summed E-state index contributed by atoms with van der Waals surface area (Å²) in [5.74, 6) is -0.553. The van der Waals surface area contributed by atoms with Crippen LogP contribution in [0.25, 0.3) is 5.57 Å². The topological polar surface area (TPSA) is 64.6 Å². The molecule has 5 nitrogen and oxygen atoms in total. The molecule has 130 valence electrons. The highest BCUT2D eigenvalue weighted by molar-refractivity contribution is 5.81. The fourth-order valence-electron chi connectivity index (χ4n) is 2.01. The van der Waals surface area contributed by atoms with E-state index in [-0.39, 0.29) is 6.61 Å². The largest absolute Gasteiger partial charge is 0.459 e. The Bertz CT molecular complexity index is 634. The molecule has 0 radical (unpaired) electrons. The van der Waals surface area contributed by atoms with E-state index in [1.807, 2.05) is 45.0 Å². The number of carbonyl (C=O) groups excluding carboxylic acids is 2. The van der Waals surface area contributed by atoms with Crippen molar-refractivity contribution in [3.63, 3.8) is 0 Å². The van der Waals surface area contributed by atoms with E-state index in [0.717, 1.165) is 22.8 Å². The molecular weight excluding hydrogens is 306 g/mol. The van der Waals surface area contributed by atoms with E-state index in [9.17, 15) is 9.59 Å². The number of alkyl carbamates (subject to hydrolysis) is 1. The molecule has 1 aromatic rings. The minimum absolute atomic E-state index is 0.0240. The standard InChI is InChI=1S/C19H25NO4/c1-7-17(21)23-12-14(4)24-18(22)20-19(5,6)16-10-8-9-15(11-16)13(2)3/h7-11,14H,1-2,12H2,3-6H3,(H,20,22). The van der Waals surface area contributed by atoms with Crippen LogP contribution in [0.1, 0.15) is 38.8 Å². The molecule has 5 heteroatoms. The van der Waals surface area contributed by atoms with Crippen LogP contribution >= 0.6 is 0 Å². The number of carbonyl (C=O) groups is 2. The molecule has 0 bridgehead atoms. The van der Waals surface area contributed by atoms with E-state index in [1.54, 1.807) is 6.92 Å². The summed E-state index contributed by atoms with van der Waals surface area (Å²) in [4.78, 5) is 23.1. The Balaban J connectivity index is 2.67. The first-order valence-corrected chi connectivity index (χ1v) is 7.70. The highest BCUT2D eigenvalue weighted by Gasteiger charge is 2.25. The van der Waals surface area contributed by atoms with E-state index in [4.69, 9.17) is 9.47 Å². The summed E-state index contributed by atoms with van der Waals surface area (Å²) < 4.78 is 10.0. The number of ether oxygens (including phenoxy) is 2. The first-order chi connectivity index (χ1) is 11.2. The molecule has 0 aliphatic carbocycles. The Morgan fingerprint density at radius 2 is 2.04 bits per heavy atom. The van der Waals surface area contributed by atoms with Gasteiger partial charge in [0.2, 0.25) is 0 Å². The third-order valence-electron chi connectivity index (χ3n) is 3.43. The molecule has 0 aromatic heterocycles. The monoisotopic (exact) mass is 331 g/mol. The van der Waals surface area contributed by atoms with Gasteiger partial charge in [0.15, 0.2) is 0 Å². The van der Waals surface area contributed by atoms with Gasteiger partial charge >= 0.3 is 12.1 Å². The van der Waals surface area contributed by atoms with Gasteiger partial charge in [-0.3, -0.25) is 0 Å². The smallest absolute Gasteiger partial charge is 0.408 e. The minimum Gasteiger partial charge on any atom is -0.459 e. The first kappa shape index (κ1) is 19.5. The Labute approximate surface area is 143 Å². The molecule has 1 aromatic carbocycles. The minimum atomic E-state index is -0.625. The number of benzene rings is 1. The van der Waals surface area contributed by atoms with Crippen LogP contribution in [0, 0.1) is 0 Å². The van der Waals surface area contributed by atoms with Gasteiger partial charge in [0.25, 0.3) is 0 Å². The molecule has 0 saturated heterocycles. The summed E-state index contributed by atoms with van der Waals surface area (Å²) in [5, 5.41) is 2.82. The number of hydrogen-bond donors (Lipinski definition) is 1. The maximum Gasteiger partial charge on any atom is 0.408 e. The van der Waals surface area contributed by atoms with Crippen LogP contribution in [-0.4, -0.2) is 24.8 Å². The molecule has 0 aliphatic heterocycles. The lowest BCUT2D eigenvalue weighted by Gasteiger charge is -2.27. The normalized spacial score (nSPS) is 12.0. The van der Waals surface area contributed by atoms with E-state index in [0.29, 0.717) is 0 Å². The van der Waals surface area contributed by atoms with Crippen LogP contribution in [-0.2, 0) is 19.8 Å². The Kier molecular flexibility index (Phi) is 6.77. The van der Waals surface area contributed by atoms with Gasteiger partial charge in [-0.25, -0.2) is 9.59 Å². The summed E-state index contributed by atoms with van der Waals surface area (Å²) in [6.07, 6.45) is -0.0841. The number of hydrogen-bond acceptors (Lipinski definition) is 4. The van der Waals surface area contributed by atoms with Gasteiger partial charge < -0.3 is 14.8 Å². The molecule has 1 unspecified atom stereocenters. The summed E-state index contributed by atoms with van der Waals surface area (Å²) in [5.41, 5.74) is 2.28. The number of rotatable bonds is 7. The third kappa shape index (κ3) is 5.91. The van der Waals surface area contributed by atoms with Gasteiger partial charge in [-0.15, -0.1) is 0 Å². The summed E-state index contributed by atoms with van der Waals surface area (Å²) >= 11 is 0. The van der Waals surface area contributed by atoms with Crippen molar-refractivity contribution in [1.29, 1.82) is 0 Å². The van der Waals surface area contributed by atoms with Gasteiger partial charge in [-0.2, -0.15) is 0 Å². The van der Waals surface area contributed by atoms with Crippen molar-refractivity contribution < 1.29 is 19.1 Å². The zero-order valence-electron chi connectivity index (χ0n) is 14.7. The molecule has 1 rings (SSSR count). The van der Waals surface area contributed by atoms with Crippen molar-refractivity contribution in [2.45, 2.75) is 39.3 Å². The van der Waals surface area contributed by atoms with Crippen LogP contribution in [0.2, 0.25) is 0 Å². The van der Waals surface area contributed by atoms with E-state index in [1.165, 1.54) is 0 Å². The van der Waals surface area contributed by atoms with Crippen molar-refractivity contribution in [2.24, 2.45) is 0 Å². The highest BCUT2D eigenvalue weighted by atomic mass is 16.6. The Hall–Kier alpha value is -2.56. The zero-order chi connectivity index (χ0) is 18.3. The first-order valence-electron chi connectivity index (χ1n) is 7.70. The number of amides is 1. The molecule has 0 spiro atoms. The van der Waals surface area contributed by atoms with Crippen LogP contribution in [0.15, 0.2) is 43.5 Å². The number of allylic oxidation sites excluding steroid dienone is 1. The van der Waals surface area contributed by atoms with Gasteiger partial charge in [0, 0.05) is 6.08 Å². The molecule has 1 N–H and O–H groups in total. The molecule has 24 heavy (non-hydrogen) atoms. The maximum atomic E-state index is 12.1. The molecular formula is C19H25NO4. The molecule has 1 atom stereocenters. The predicted molar refractivity (Wildman–Crippen MR) is 94.4 cm³/mol. The Morgan fingerprint density at radius 1 is 1.38 bits per heavy atom. The van der Waals surface area contributed by atoms with Crippen LogP contribution in [0.3, 0.4) is 0 Å². The van der Waals surface area contributed by atoms with Crippen molar-refractivity contribution >= 4 is 17.6 Å². The van der Waals surface area contributed by atoms with Crippen LogP contribution < -0.4 is 5.32 Å². The number of esters is 1. The van der Waals surface area contributed by atoms with Crippen molar-refractivity contribution in [3.8, 4) is 0 Å². The number of nitrogens with one attached hydrogen (secondary N) is 1. The molecule has 0 fully saturated rings.